The van der Waals surface area contributed by atoms with Crippen LogP contribution in [0.1, 0.15) is 23.6 Å². The number of carboxylic acids is 1. The van der Waals surface area contributed by atoms with E-state index in [1.807, 2.05) is 30.5 Å². The first-order valence-electron chi connectivity index (χ1n) is 5.28. The summed E-state index contributed by atoms with van der Waals surface area (Å²) in [6, 6.07) is 7.98. The van der Waals surface area contributed by atoms with Crippen molar-refractivity contribution in [3.05, 3.63) is 41.6 Å². The highest BCUT2D eigenvalue weighted by Crippen LogP contribution is 2.43. The van der Waals surface area contributed by atoms with Crippen molar-refractivity contribution in [3.8, 4) is 0 Å². The van der Waals surface area contributed by atoms with Gasteiger partial charge in [0.2, 0.25) is 0 Å². The van der Waals surface area contributed by atoms with Gasteiger partial charge in [-0.15, -0.1) is 0 Å². The van der Waals surface area contributed by atoms with Gasteiger partial charge in [-0.25, -0.2) is 0 Å². The van der Waals surface area contributed by atoms with Crippen molar-refractivity contribution in [1.29, 1.82) is 0 Å². The lowest BCUT2D eigenvalue weighted by atomic mass is 10.0. The molecule has 1 aromatic carbocycles. The highest BCUT2D eigenvalue weighted by molar-refractivity contribution is 5.76. The van der Waals surface area contributed by atoms with Crippen LogP contribution in [0.15, 0.2) is 30.5 Å². The van der Waals surface area contributed by atoms with E-state index in [4.69, 9.17) is 5.11 Å². The third-order valence-electron chi connectivity index (χ3n) is 3.15. The van der Waals surface area contributed by atoms with Gasteiger partial charge in [0.15, 0.2) is 0 Å². The lowest BCUT2D eigenvalue weighted by Crippen LogP contribution is -2.25. The number of benzene rings is 1. The molecule has 0 aromatic heterocycles. The second kappa shape index (κ2) is 3.27. The fraction of sp³-hybridized carbons (Fsp3) is 0.250. The molecule has 0 spiro atoms. The summed E-state index contributed by atoms with van der Waals surface area (Å²) in [6.07, 6.45) is 2.11. The molecule has 0 amide bonds. The van der Waals surface area contributed by atoms with Crippen LogP contribution in [0.2, 0.25) is 0 Å². The molecular weight excluding hydrogens is 204 g/mol. The van der Waals surface area contributed by atoms with Crippen molar-refractivity contribution in [2.24, 2.45) is 0 Å². The van der Waals surface area contributed by atoms with Crippen molar-refractivity contribution < 1.29 is 9.90 Å². The Bertz CT molecular complexity index is 482. The normalized spacial score (nSPS) is 21.1. The smallest absolute Gasteiger partial charge is 0.305 e. The largest absolute Gasteiger partial charge is 0.481 e. The summed E-state index contributed by atoms with van der Waals surface area (Å²) in [5, 5.41) is 12.1. The SMILES string of the molecule is O=C(O)CC1c2ccccc2C2=CNCN21. The van der Waals surface area contributed by atoms with E-state index in [-0.39, 0.29) is 12.5 Å². The zero-order chi connectivity index (χ0) is 11.1. The van der Waals surface area contributed by atoms with Crippen LogP contribution in [-0.2, 0) is 4.79 Å². The van der Waals surface area contributed by atoms with E-state index < -0.39 is 5.97 Å². The molecule has 82 valence electrons. The van der Waals surface area contributed by atoms with Crippen molar-refractivity contribution in [1.82, 2.24) is 10.2 Å². The zero-order valence-electron chi connectivity index (χ0n) is 8.68. The molecule has 0 saturated heterocycles. The predicted molar refractivity (Wildman–Crippen MR) is 59.3 cm³/mol. The Morgan fingerprint density at radius 1 is 1.50 bits per heavy atom. The van der Waals surface area contributed by atoms with Gasteiger partial charge < -0.3 is 15.3 Å². The molecule has 0 radical (unpaired) electrons. The van der Waals surface area contributed by atoms with Crippen LogP contribution >= 0.6 is 0 Å². The number of nitrogens with zero attached hydrogens (tertiary/aromatic N) is 1. The number of rotatable bonds is 2. The molecule has 16 heavy (non-hydrogen) atoms. The number of carboxylic acid groups (broad SMARTS) is 1. The van der Waals surface area contributed by atoms with Crippen molar-refractivity contribution >= 4 is 11.7 Å². The van der Waals surface area contributed by atoms with Crippen molar-refractivity contribution in [2.75, 3.05) is 6.67 Å². The molecule has 2 heterocycles. The van der Waals surface area contributed by atoms with Gasteiger partial charge in [-0.1, -0.05) is 24.3 Å². The summed E-state index contributed by atoms with van der Waals surface area (Å²) in [6.45, 7) is 0.696. The van der Waals surface area contributed by atoms with E-state index in [0.717, 1.165) is 16.8 Å². The van der Waals surface area contributed by atoms with Gasteiger partial charge in [-0.3, -0.25) is 4.79 Å². The minimum absolute atomic E-state index is 0.0325. The Labute approximate surface area is 93.2 Å². The average Bonchev–Trinajstić information content (AvgIpc) is 2.82. The highest BCUT2D eigenvalue weighted by Gasteiger charge is 2.36. The molecule has 0 fully saturated rings. The molecule has 0 saturated carbocycles. The number of carbonyl (C=O) groups is 1. The van der Waals surface area contributed by atoms with Crippen LogP contribution in [0.25, 0.3) is 5.70 Å². The molecule has 1 aromatic rings. The maximum absolute atomic E-state index is 10.9. The molecule has 4 heteroatoms. The number of aliphatic carboxylic acids is 1. The molecule has 0 bridgehead atoms. The first-order valence-corrected chi connectivity index (χ1v) is 5.28. The van der Waals surface area contributed by atoms with Crippen molar-refractivity contribution in [2.45, 2.75) is 12.5 Å². The van der Waals surface area contributed by atoms with E-state index >= 15 is 0 Å². The van der Waals surface area contributed by atoms with Gasteiger partial charge in [-0.05, 0) is 5.56 Å². The van der Waals surface area contributed by atoms with Gasteiger partial charge in [0.05, 0.1) is 24.8 Å². The molecule has 1 unspecified atom stereocenters. The molecule has 0 aliphatic carbocycles. The Kier molecular flexibility index (Phi) is 1.89. The third kappa shape index (κ3) is 1.19. The standard InChI is InChI=1S/C12H12N2O2/c15-12(16)5-10-8-3-1-2-4-9(8)11-6-13-7-14(10)11/h1-4,6,10,13H,5,7H2,(H,15,16). The Balaban J connectivity index is 2.07. The first kappa shape index (κ1) is 9.27. The summed E-state index contributed by atoms with van der Waals surface area (Å²) in [7, 11) is 0. The molecular formula is C12H12N2O2. The topological polar surface area (TPSA) is 52.6 Å². The maximum atomic E-state index is 10.9. The van der Waals surface area contributed by atoms with E-state index in [0.29, 0.717) is 6.67 Å². The number of fused-ring (bicyclic) bond motifs is 3. The van der Waals surface area contributed by atoms with E-state index in [9.17, 15) is 4.79 Å². The molecule has 2 aliphatic rings. The second-order valence-corrected chi connectivity index (χ2v) is 4.06. The molecule has 3 rings (SSSR count). The Hall–Kier alpha value is -1.97. The average molecular weight is 216 g/mol. The second-order valence-electron chi connectivity index (χ2n) is 4.06. The van der Waals surface area contributed by atoms with Crippen LogP contribution in [0.3, 0.4) is 0 Å². The molecule has 1 atom stereocenters. The quantitative estimate of drug-likeness (QED) is 0.784. The van der Waals surface area contributed by atoms with Gasteiger partial charge >= 0.3 is 5.97 Å². The van der Waals surface area contributed by atoms with E-state index in [1.165, 1.54) is 0 Å². The highest BCUT2D eigenvalue weighted by atomic mass is 16.4. The van der Waals surface area contributed by atoms with Gasteiger partial charge in [0.1, 0.15) is 0 Å². The van der Waals surface area contributed by atoms with E-state index in [2.05, 4.69) is 10.2 Å². The molecule has 2 N–H and O–H groups in total. The fourth-order valence-electron chi connectivity index (χ4n) is 2.49. The summed E-state index contributed by atoms with van der Waals surface area (Å²) in [4.78, 5) is 13.0. The summed E-state index contributed by atoms with van der Waals surface area (Å²) in [5.41, 5.74) is 3.39. The lowest BCUT2D eigenvalue weighted by Gasteiger charge is -2.22. The van der Waals surface area contributed by atoms with Gasteiger partial charge in [0, 0.05) is 11.8 Å². The van der Waals surface area contributed by atoms with Crippen LogP contribution < -0.4 is 5.32 Å². The lowest BCUT2D eigenvalue weighted by molar-refractivity contribution is -0.138. The van der Waals surface area contributed by atoms with Crippen LogP contribution in [0.5, 0.6) is 0 Å². The summed E-state index contributed by atoms with van der Waals surface area (Å²) >= 11 is 0. The monoisotopic (exact) mass is 216 g/mol. The summed E-state index contributed by atoms with van der Waals surface area (Å²) in [5.74, 6) is -0.757. The molecule has 4 nitrogen and oxygen atoms in total. The number of hydrogen-bond acceptors (Lipinski definition) is 3. The van der Waals surface area contributed by atoms with Crippen LogP contribution in [0.4, 0.5) is 0 Å². The first-order chi connectivity index (χ1) is 7.77. The third-order valence-corrected chi connectivity index (χ3v) is 3.15. The zero-order valence-corrected chi connectivity index (χ0v) is 8.68. The number of hydrogen-bond donors (Lipinski definition) is 2. The van der Waals surface area contributed by atoms with Gasteiger partial charge in [0.25, 0.3) is 0 Å². The van der Waals surface area contributed by atoms with Crippen LogP contribution in [-0.4, -0.2) is 22.6 Å². The minimum atomic E-state index is -0.757. The number of nitrogens with one attached hydrogen (secondary N) is 1. The Morgan fingerprint density at radius 3 is 3.12 bits per heavy atom. The maximum Gasteiger partial charge on any atom is 0.305 e. The summed E-state index contributed by atoms with van der Waals surface area (Å²) < 4.78 is 0. The van der Waals surface area contributed by atoms with Crippen LogP contribution in [0, 0.1) is 0 Å². The Morgan fingerprint density at radius 2 is 2.31 bits per heavy atom. The predicted octanol–water partition coefficient (Wildman–Crippen LogP) is 1.38. The van der Waals surface area contributed by atoms with Crippen molar-refractivity contribution in [3.63, 3.8) is 0 Å². The van der Waals surface area contributed by atoms with E-state index in [1.54, 1.807) is 0 Å². The molecule has 2 aliphatic heterocycles. The van der Waals surface area contributed by atoms with Gasteiger partial charge in [-0.2, -0.15) is 0 Å². The fourth-order valence-corrected chi connectivity index (χ4v) is 2.49. The minimum Gasteiger partial charge on any atom is -0.481 e.